The van der Waals surface area contributed by atoms with Crippen LogP contribution in [-0.2, 0) is 19.4 Å². The van der Waals surface area contributed by atoms with Gasteiger partial charge in [0.25, 0.3) is 17.3 Å². The van der Waals surface area contributed by atoms with Gasteiger partial charge in [-0.25, -0.2) is 0 Å². The molecule has 0 bridgehead atoms. The minimum Gasteiger partial charge on any atom is -0.448 e. The van der Waals surface area contributed by atoms with Crippen molar-refractivity contribution < 1.29 is 14.3 Å². The molecule has 0 saturated heterocycles. The van der Waals surface area contributed by atoms with Gasteiger partial charge in [0.1, 0.15) is 0 Å². The minimum atomic E-state index is -0.801. The zero-order valence-electron chi connectivity index (χ0n) is 23.5. The Kier molecular flexibility index (Phi) is 7.29. The van der Waals surface area contributed by atoms with Gasteiger partial charge >= 0.3 is 0 Å². The molecule has 1 unspecified atom stereocenters. The Morgan fingerprint density at radius 3 is 2.47 bits per heavy atom. The van der Waals surface area contributed by atoms with Gasteiger partial charge in [-0.3, -0.25) is 9.59 Å². The summed E-state index contributed by atoms with van der Waals surface area (Å²) >= 11 is 6.92. The molecule has 206 valence electrons. The molecule has 1 amide bonds. The monoisotopic (exact) mass is 541 g/mol. The topological polar surface area (TPSA) is 74.9 Å². The molecule has 8 heteroatoms. The Bertz CT molecular complexity index is 1310. The van der Waals surface area contributed by atoms with Crippen LogP contribution in [-0.4, -0.2) is 53.2 Å². The molecule has 1 aromatic heterocycles. The number of nitrogens with zero attached hydrogens (tertiary/aromatic N) is 2. The largest absolute Gasteiger partial charge is 0.448 e. The third-order valence-corrected chi connectivity index (χ3v) is 9.23. The second-order valence-corrected chi connectivity index (χ2v) is 12.0. The smallest absolute Gasteiger partial charge is 0.254 e. The van der Waals surface area contributed by atoms with E-state index in [1.54, 1.807) is 4.90 Å². The highest BCUT2D eigenvalue weighted by Gasteiger charge is 2.48. The highest BCUT2D eigenvalue weighted by molar-refractivity contribution is 6.34. The number of nitrogens with one attached hydrogen (secondary N) is 1. The fourth-order valence-electron chi connectivity index (χ4n) is 6.60. The molecule has 3 aliphatic rings. The summed E-state index contributed by atoms with van der Waals surface area (Å²) in [6.45, 7) is 8.70. The molecular formula is C30H40ClN3O4. The van der Waals surface area contributed by atoms with Gasteiger partial charge < -0.3 is 24.3 Å². The van der Waals surface area contributed by atoms with E-state index >= 15 is 0 Å². The van der Waals surface area contributed by atoms with E-state index < -0.39 is 5.79 Å². The van der Waals surface area contributed by atoms with Gasteiger partial charge in [0, 0.05) is 42.2 Å². The van der Waals surface area contributed by atoms with Crippen LogP contribution in [0, 0.1) is 19.8 Å². The molecule has 5 rings (SSSR count). The quantitative estimate of drug-likeness (QED) is 0.529. The first-order valence-corrected chi connectivity index (χ1v) is 14.3. The van der Waals surface area contributed by atoms with Crippen LogP contribution in [0.1, 0.15) is 84.3 Å². The number of halogens is 1. The number of ether oxygens (including phenoxy) is 2. The second kappa shape index (κ2) is 10.2. The molecule has 1 N–H and O–H groups in total. The number of rotatable bonds is 6. The number of hydrogen-bond donors (Lipinski definition) is 1. The molecule has 1 aromatic carbocycles. The van der Waals surface area contributed by atoms with E-state index in [0.717, 1.165) is 60.9 Å². The van der Waals surface area contributed by atoms with Crippen molar-refractivity contribution in [2.75, 3.05) is 20.6 Å². The van der Waals surface area contributed by atoms with Crippen molar-refractivity contribution in [3.8, 4) is 11.5 Å². The molecule has 0 radical (unpaired) electrons. The highest BCUT2D eigenvalue weighted by Crippen LogP contribution is 2.53. The molecular weight excluding hydrogens is 502 g/mol. The van der Waals surface area contributed by atoms with Gasteiger partial charge in [-0.1, -0.05) is 24.9 Å². The SMILES string of the molecule is CCCc1cc(C)[nH]c(=O)c1CN1CCc2c(Cl)c3c(c(C)c2C1=O)OC(C)(C1CCC(N(C)C)CC1)O3. The summed E-state index contributed by atoms with van der Waals surface area (Å²) in [5.41, 5.74) is 4.57. The molecule has 2 aromatic rings. The molecule has 38 heavy (non-hydrogen) atoms. The van der Waals surface area contributed by atoms with Crippen molar-refractivity contribution in [2.24, 2.45) is 5.92 Å². The Morgan fingerprint density at radius 2 is 1.82 bits per heavy atom. The molecule has 1 fully saturated rings. The lowest BCUT2D eigenvalue weighted by Gasteiger charge is -2.39. The number of benzene rings is 1. The molecule has 1 atom stereocenters. The molecule has 3 heterocycles. The van der Waals surface area contributed by atoms with E-state index in [-0.39, 0.29) is 23.9 Å². The molecule has 2 aliphatic heterocycles. The number of hydrogen-bond acceptors (Lipinski definition) is 5. The van der Waals surface area contributed by atoms with Crippen LogP contribution in [0.25, 0.3) is 0 Å². The maximum atomic E-state index is 13.9. The predicted molar refractivity (Wildman–Crippen MR) is 150 cm³/mol. The Balaban J connectivity index is 1.43. The van der Waals surface area contributed by atoms with Gasteiger partial charge in [0.05, 0.1) is 17.1 Å². The fourth-order valence-corrected chi connectivity index (χ4v) is 6.92. The molecule has 0 spiro atoms. The standard InChI is InChI=1S/C30H40ClN3O4/c1-7-8-19-15-17(2)32-28(35)23(19)16-34-14-13-22-24(29(34)36)18(3)26-27(25(22)31)38-30(4,37-26)20-9-11-21(12-10-20)33(5)6/h15,20-21H,7-14,16H2,1-6H3,(H,32,35). The third-order valence-electron chi connectivity index (χ3n) is 8.83. The summed E-state index contributed by atoms with van der Waals surface area (Å²) in [7, 11) is 4.28. The van der Waals surface area contributed by atoms with E-state index in [9.17, 15) is 9.59 Å². The maximum Gasteiger partial charge on any atom is 0.254 e. The van der Waals surface area contributed by atoms with Crippen molar-refractivity contribution in [3.63, 3.8) is 0 Å². The summed E-state index contributed by atoms with van der Waals surface area (Å²) in [6.07, 6.45) is 6.58. The maximum absolute atomic E-state index is 13.9. The van der Waals surface area contributed by atoms with E-state index in [1.165, 1.54) is 0 Å². The number of aromatic amines is 1. The summed E-state index contributed by atoms with van der Waals surface area (Å²) in [5, 5.41) is 0.485. The van der Waals surface area contributed by atoms with Crippen molar-refractivity contribution in [1.82, 2.24) is 14.8 Å². The van der Waals surface area contributed by atoms with Crippen molar-refractivity contribution in [3.05, 3.63) is 55.0 Å². The van der Waals surface area contributed by atoms with Crippen LogP contribution < -0.4 is 15.0 Å². The number of amides is 1. The van der Waals surface area contributed by atoms with E-state index in [2.05, 4.69) is 30.9 Å². The molecule has 1 saturated carbocycles. The summed E-state index contributed by atoms with van der Waals surface area (Å²) in [4.78, 5) is 33.7. The average molecular weight is 542 g/mol. The average Bonchev–Trinajstić information content (AvgIpc) is 3.25. The lowest BCUT2D eigenvalue weighted by molar-refractivity contribution is -0.123. The fraction of sp³-hybridized carbons (Fsp3) is 0.600. The number of pyridine rings is 1. The molecule has 1 aliphatic carbocycles. The third kappa shape index (κ3) is 4.62. The lowest BCUT2D eigenvalue weighted by Crippen LogP contribution is -2.46. The molecule has 7 nitrogen and oxygen atoms in total. The van der Waals surface area contributed by atoms with Crippen molar-refractivity contribution in [2.45, 2.75) is 91.0 Å². The van der Waals surface area contributed by atoms with Gasteiger partial charge in [-0.05, 0) is 83.7 Å². The van der Waals surface area contributed by atoms with E-state index in [0.29, 0.717) is 46.7 Å². The normalized spacial score (nSPS) is 24.7. The van der Waals surface area contributed by atoms with Gasteiger partial charge in [0.15, 0.2) is 11.5 Å². The number of H-pyrrole nitrogens is 1. The predicted octanol–water partition coefficient (Wildman–Crippen LogP) is 5.40. The number of aryl methyl sites for hydroxylation is 2. The second-order valence-electron chi connectivity index (χ2n) is 11.7. The van der Waals surface area contributed by atoms with Gasteiger partial charge in [-0.2, -0.15) is 0 Å². The van der Waals surface area contributed by atoms with Crippen LogP contribution in [0.3, 0.4) is 0 Å². The van der Waals surface area contributed by atoms with Crippen molar-refractivity contribution in [1.29, 1.82) is 0 Å². The zero-order valence-corrected chi connectivity index (χ0v) is 24.3. The first kappa shape index (κ1) is 27.1. The Labute approximate surface area is 230 Å². The summed E-state index contributed by atoms with van der Waals surface area (Å²) in [5.74, 6) is 0.489. The number of aromatic nitrogens is 1. The Hall–Kier alpha value is -2.51. The first-order chi connectivity index (χ1) is 18.0. The van der Waals surface area contributed by atoms with Gasteiger partial charge in [-0.15, -0.1) is 0 Å². The first-order valence-electron chi connectivity index (χ1n) is 13.9. The minimum absolute atomic E-state index is 0.112. The number of carbonyl (C=O) groups excluding carboxylic acids is 1. The summed E-state index contributed by atoms with van der Waals surface area (Å²) in [6, 6.07) is 2.61. The van der Waals surface area contributed by atoms with Crippen LogP contribution in [0.15, 0.2) is 10.9 Å². The van der Waals surface area contributed by atoms with Crippen LogP contribution >= 0.6 is 11.6 Å². The Morgan fingerprint density at radius 1 is 1.13 bits per heavy atom. The van der Waals surface area contributed by atoms with E-state index in [1.807, 2.05) is 26.8 Å². The lowest BCUT2D eigenvalue weighted by atomic mass is 9.81. The van der Waals surface area contributed by atoms with Crippen molar-refractivity contribution >= 4 is 17.5 Å². The van der Waals surface area contributed by atoms with Gasteiger partial charge in [0.2, 0.25) is 0 Å². The number of carbonyl (C=O) groups is 1. The van der Waals surface area contributed by atoms with E-state index in [4.69, 9.17) is 21.1 Å². The summed E-state index contributed by atoms with van der Waals surface area (Å²) < 4.78 is 13.0. The highest BCUT2D eigenvalue weighted by atomic mass is 35.5. The van der Waals surface area contributed by atoms with Crippen LogP contribution in [0.4, 0.5) is 0 Å². The zero-order chi connectivity index (χ0) is 27.4. The van der Waals surface area contributed by atoms with Crippen LogP contribution in [0.2, 0.25) is 5.02 Å². The number of fused-ring (bicyclic) bond motifs is 2. The van der Waals surface area contributed by atoms with Crippen LogP contribution in [0.5, 0.6) is 11.5 Å².